The zero-order chi connectivity index (χ0) is 14.0. The van der Waals surface area contributed by atoms with Crippen LogP contribution in [0.1, 0.15) is 21.7 Å². The third kappa shape index (κ3) is 3.06. The summed E-state index contributed by atoms with van der Waals surface area (Å²) in [5.74, 6) is -0.837. The van der Waals surface area contributed by atoms with Crippen molar-refractivity contribution in [3.63, 3.8) is 0 Å². The number of benzene rings is 1. The van der Waals surface area contributed by atoms with Gasteiger partial charge in [-0.3, -0.25) is 4.79 Å². The Balaban J connectivity index is 2.28. The predicted molar refractivity (Wildman–Crippen MR) is 70.9 cm³/mol. The molecule has 2 rings (SSSR count). The van der Waals surface area contributed by atoms with Crippen LogP contribution in [0.15, 0.2) is 24.3 Å². The molecule has 0 bridgehead atoms. The summed E-state index contributed by atoms with van der Waals surface area (Å²) in [6.45, 7) is 3.29. The highest BCUT2D eigenvalue weighted by Gasteiger charge is 2.12. The molecular formula is C13H11ClFN3O. The summed E-state index contributed by atoms with van der Waals surface area (Å²) in [4.78, 5) is 19.7. The monoisotopic (exact) mass is 279 g/mol. The van der Waals surface area contributed by atoms with Gasteiger partial charge in [-0.1, -0.05) is 6.07 Å². The SMILES string of the molecule is Cc1cc(C(=O)Nc2cccc(F)c2C)nc(Cl)n1. The van der Waals surface area contributed by atoms with E-state index in [1.165, 1.54) is 18.2 Å². The number of hydrogen-bond acceptors (Lipinski definition) is 3. The lowest BCUT2D eigenvalue weighted by Crippen LogP contribution is -2.15. The highest BCUT2D eigenvalue weighted by molar-refractivity contribution is 6.28. The van der Waals surface area contributed by atoms with Crippen LogP contribution in [0.25, 0.3) is 0 Å². The maximum Gasteiger partial charge on any atom is 0.274 e. The predicted octanol–water partition coefficient (Wildman–Crippen LogP) is 3.14. The number of halogens is 2. The van der Waals surface area contributed by atoms with E-state index in [2.05, 4.69) is 15.3 Å². The number of nitrogens with zero attached hydrogens (tertiary/aromatic N) is 2. The molecule has 1 N–H and O–H groups in total. The molecular weight excluding hydrogens is 269 g/mol. The van der Waals surface area contributed by atoms with Crippen LogP contribution in [0.5, 0.6) is 0 Å². The first kappa shape index (κ1) is 13.4. The summed E-state index contributed by atoms with van der Waals surface area (Å²) in [7, 11) is 0. The second-order valence-electron chi connectivity index (χ2n) is 4.03. The average molecular weight is 280 g/mol. The maximum atomic E-state index is 13.4. The van der Waals surface area contributed by atoms with Crippen molar-refractivity contribution in [2.45, 2.75) is 13.8 Å². The lowest BCUT2D eigenvalue weighted by molar-refractivity contribution is 0.102. The van der Waals surface area contributed by atoms with Crippen molar-refractivity contribution in [2.75, 3.05) is 5.32 Å². The third-order valence-corrected chi connectivity index (χ3v) is 2.74. The molecule has 19 heavy (non-hydrogen) atoms. The van der Waals surface area contributed by atoms with Crippen molar-refractivity contribution in [3.8, 4) is 0 Å². The van der Waals surface area contributed by atoms with Crippen LogP contribution in [0.4, 0.5) is 10.1 Å². The van der Waals surface area contributed by atoms with Crippen LogP contribution in [0.3, 0.4) is 0 Å². The van der Waals surface area contributed by atoms with Crippen molar-refractivity contribution < 1.29 is 9.18 Å². The topological polar surface area (TPSA) is 54.9 Å². The molecule has 1 aromatic carbocycles. The molecule has 98 valence electrons. The molecule has 6 heteroatoms. The minimum Gasteiger partial charge on any atom is -0.320 e. The van der Waals surface area contributed by atoms with Gasteiger partial charge in [0.25, 0.3) is 5.91 Å². The number of carbonyl (C=O) groups is 1. The van der Waals surface area contributed by atoms with Crippen molar-refractivity contribution >= 4 is 23.2 Å². The number of amides is 1. The number of hydrogen-bond donors (Lipinski definition) is 1. The summed E-state index contributed by atoms with van der Waals surface area (Å²) in [5.41, 5.74) is 1.49. The molecule has 0 spiro atoms. The van der Waals surface area contributed by atoms with Crippen LogP contribution in [0.2, 0.25) is 5.28 Å². The zero-order valence-corrected chi connectivity index (χ0v) is 11.1. The Morgan fingerprint density at radius 2 is 2.05 bits per heavy atom. The van der Waals surface area contributed by atoms with Crippen molar-refractivity contribution in [1.29, 1.82) is 0 Å². The van der Waals surface area contributed by atoms with E-state index in [1.807, 2.05) is 0 Å². The van der Waals surface area contributed by atoms with Crippen molar-refractivity contribution in [2.24, 2.45) is 0 Å². The Hall–Kier alpha value is -2.01. The van der Waals surface area contributed by atoms with Gasteiger partial charge in [0.2, 0.25) is 5.28 Å². The molecule has 0 aliphatic heterocycles. The first-order valence-corrected chi connectivity index (χ1v) is 5.93. The lowest BCUT2D eigenvalue weighted by Gasteiger charge is -2.08. The second kappa shape index (κ2) is 5.32. The molecule has 0 atom stereocenters. The fraction of sp³-hybridized carbons (Fsp3) is 0.154. The summed E-state index contributed by atoms with van der Waals surface area (Å²) >= 11 is 5.69. The molecule has 2 aromatic rings. The number of aromatic nitrogens is 2. The van der Waals surface area contributed by atoms with Gasteiger partial charge in [0.1, 0.15) is 11.5 Å². The van der Waals surface area contributed by atoms with Gasteiger partial charge in [-0.15, -0.1) is 0 Å². The number of aryl methyl sites for hydroxylation is 1. The summed E-state index contributed by atoms with van der Waals surface area (Å²) in [6, 6.07) is 5.98. The second-order valence-corrected chi connectivity index (χ2v) is 4.37. The fourth-order valence-corrected chi connectivity index (χ4v) is 1.80. The first-order valence-electron chi connectivity index (χ1n) is 5.55. The van der Waals surface area contributed by atoms with Gasteiger partial charge < -0.3 is 5.32 Å². The van der Waals surface area contributed by atoms with Gasteiger partial charge in [0.05, 0.1) is 0 Å². The van der Waals surface area contributed by atoms with E-state index in [1.54, 1.807) is 19.9 Å². The summed E-state index contributed by atoms with van der Waals surface area (Å²) in [5, 5.41) is 2.59. The van der Waals surface area contributed by atoms with Crippen molar-refractivity contribution in [3.05, 3.63) is 52.3 Å². The molecule has 0 aliphatic carbocycles. The largest absolute Gasteiger partial charge is 0.320 e. The number of carbonyl (C=O) groups excluding carboxylic acids is 1. The van der Waals surface area contributed by atoms with Gasteiger partial charge in [0.15, 0.2) is 0 Å². The first-order chi connectivity index (χ1) is 8.97. The molecule has 4 nitrogen and oxygen atoms in total. The zero-order valence-electron chi connectivity index (χ0n) is 10.4. The minimum absolute atomic E-state index is 0.00103. The standard InChI is InChI=1S/C13H11ClFN3O/c1-7-6-11(18-13(14)16-7)12(19)17-10-5-3-4-9(15)8(10)2/h3-6H,1-2H3,(H,17,19). The third-order valence-electron chi connectivity index (χ3n) is 2.58. The molecule has 0 saturated heterocycles. The molecule has 1 amide bonds. The van der Waals surface area contributed by atoms with E-state index in [9.17, 15) is 9.18 Å². The van der Waals surface area contributed by atoms with E-state index >= 15 is 0 Å². The number of rotatable bonds is 2. The fourth-order valence-electron chi connectivity index (χ4n) is 1.58. The molecule has 1 heterocycles. The van der Waals surface area contributed by atoms with Crippen LogP contribution in [0, 0.1) is 19.7 Å². The van der Waals surface area contributed by atoms with E-state index in [0.29, 0.717) is 16.9 Å². The Morgan fingerprint density at radius 1 is 1.32 bits per heavy atom. The van der Waals surface area contributed by atoms with Crippen LogP contribution >= 0.6 is 11.6 Å². The van der Waals surface area contributed by atoms with E-state index < -0.39 is 5.91 Å². The average Bonchev–Trinajstić information content (AvgIpc) is 2.33. The molecule has 0 unspecified atom stereocenters. The molecule has 0 aliphatic rings. The van der Waals surface area contributed by atoms with E-state index in [0.717, 1.165) is 0 Å². The Labute approximate surface area is 114 Å². The lowest BCUT2D eigenvalue weighted by atomic mass is 10.2. The smallest absolute Gasteiger partial charge is 0.274 e. The Morgan fingerprint density at radius 3 is 2.74 bits per heavy atom. The van der Waals surface area contributed by atoms with Crippen LogP contribution in [-0.4, -0.2) is 15.9 Å². The Kier molecular flexibility index (Phi) is 3.76. The molecule has 1 aromatic heterocycles. The van der Waals surface area contributed by atoms with Crippen molar-refractivity contribution in [1.82, 2.24) is 9.97 Å². The van der Waals surface area contributed by atoms with Gasteiger partial charge in [0, 0.05) is 16.9 Å². The summed E-state index contributed by atoms with van der Waals surface area (Å²) in [6.07, 6.45) is 0. The summed E-state index contributed by atoms with van der Waals surface area (Å²) < 4.78 is 13.4. The van der Waals surface area contributed by atoms with E-state index in [-0.39, 0.29) is 16.8 Å². The molecule has 0 radical (unpaired) electrons. The normalized spacial score (nSPS) is 10.3. The molecule has 0 fully saturated rings. The minimum atomic E-state index is -0.457. The molecule has 0 saturated carbocycles. The van der Waals surface area contributed by atoms with Crippen LogP contribution < -0.4 is 5.32 Å². The number of anilines is 1. The van der Waals surface area contributed by atoms with Gasteiger partial charge in [-0.25, -0.2) is 14.4 Å². The van der Waals surface area contributed by atoms with E-state index in [4.69, 9.17) is 11.6 Å². The van der Waals surface area contributed by atoms with Gasteiger partial charge in [-0.2, -0.15) is 0 Å². The maximum absolute atomic E-state index is 13.4. The van der Waals surface area contributed by atoms with Crippen LogP contribution in [-0.2, 0) is 0 Å². The quantitative estimate of drug-likeness (QED) is 0.859. The number of nitrogens with one attached hydrogen (secondary N) is 1. The van der Waals surface area contributed by atoms with Gasteiger partial charge in [-0.05, 0) is 43.6 Å². The highest BCUT2D eigenvalue weighted by Crippen LogP contribution is 2.18. The highest BCUT2D eigenvalue weighted by atomic mass is 35.5. The van der Waals surface area contributed by atoms with Gasteiger partial charge >= 0.3 is 0 Å². The Bertz CT molecular complexity index is 626.